The Labute approximate surface area is 161 Å². The van der Waals surface area contributed by atoms with Gasteiger partial charge in [-0.1, -0.05) is 12.6 Å². The van der Waals surface area contributed by atoms with Crippen molar-refractivity contribution in [3.63, 3.8) is 0 Å². The molecule has 2 aromatic rings. The second kappa shape index (κ2) is 7.33. The maximum absolute atomic E-state index is 9.28. The van der Waals surface area contributed by atoms with E-state index in [1.165, 1.54) is 16.5 Å². The van der Waals surface area contributed by atoms with E-state index in [4.69, 9.17) is 0 Å². The summed E-state index contributed by atoms with van der Waals surface area (Å²) in [6.07, 6.45) is 0. The third-order valence-electron chi connectivity index (χ3n) is 4.12. The normalized spacial score (nSPS) is 18.6. The van der Waals surface area contributed by atoms with E-state index in [9.17, 15) is 5.11 Å². The molecule has 0 bridgehead atoms. The zero-order chi connectivity index (χ0) is 13.8. The van der Waals surface area contributed by atoms with Gasteiger partial charge in [-0.05, 0) is 32.5 Å². The zero-order valence-electron chi connectivity index (χ0n) is 13.4. The number of nitrogens with one attached hydrogen (secondary N) is 1. The Hall–Kier alpha value is 0.101. The Morgan fingerprint density at radius 2 is 1.86 bits per heavy atom. The summed E-state index contributed by atoms with van der Waals surface area (Å²) in [6.45, 7) is 9.27. The van der Waals surface area contributed by atoms with Gasteiger partial charge in [-0.3, -0.25) is 0 Å². The van der Waals surface area contributed by atoms with E-state index in [-0.39, 0.29) is 52.1 Å². The van der Waals surface area contributed by atoms with Crippen molar-refractivity contribution in [3.8, 4) is 0 Å². The molecule has 119 valence electrons. The average Bonchev–Trinajstić information content (AvgIpc) is 2.70. The van der Waals surface area contributed by atoms with Crippen molar-refractivity contribution in [2.45, 2.75) is 38.9 Å². The van der Waals surface area contributed by atoms with Gasteiger partial charge in [0.2, 0.25) is 0 Å². The monoisotopic (exact) mass is 390 g/mol. The van der Waals surface area contributed by atoms with Crippen LogP contribution in [-0.2, 0) is 21.7 Å². The van der Waals surface area contributed by atoms with Gasteiger partial charge in [-0.2, -0.15) is 10.4 Å². The van der Waals surface area contributed by atoms with Crippen molar-refractivity contribution < 1.29 is 51.6 Å². The summed E-state index contributed by atoms with van der Waals surface area (Å²) in [4.78, 5) is 0. The summed E-state index contributed by atoms with van der Waals surface area (Å²) in [5, 5.41) is 18.8. The number of benzene rings is 1. The van der Waals surface area contributed by atoms with Gasteiger partial charge in [-0.25, -0.2) is 0 Å². The number of aliphatic hydroxyl groups excluding tert-OH is 1. The van der Waals surface area contributed by atoms with Crippen LogP contribution in [-0.4, -0.2) is 25.3 Å². The van der Waals surface area contributed by atoms with E-state index in [0.717, 1.165) is 6.04 Å². The summed E-state index contributed by atoms with van der Waals surface area (Å²) in [5.74, 6) is 0. The van der Waals surface area contributed by atoms with E-state index in [1.54, 1.807) is 10.4 Å². The molecule has 1 radical (unpaired) electrons. The molecule has 1 atom stereocenters. The minimum Gasteiger partial charge on any atom is -1.00 e. The van der Waals surface area contributed by atoms with Crippen molar-refractivity contribution >= 4 is 34.9 Å². The molecule has 0 aliphatic carbocycles. The number of anilines is 1. The summed E-state index contributed by atoms with van der Waals surface area (Å²) >= 11 is 0. The van der Waals surface area contributed by atoms with E-state index in [0.29, 0.717) is 6.61 Å². The molecular formula is C16H22Cl2NOSiTi. The Balaban J connectivity index is 0.00000147. The molecule has 1 aliphatic rings. The van der Waals surface area contributed by atoms with Gasteiger partial charge in [0.25, 0.3) is 0 Å². The Morgan fingerprint density at radius 3 is 2.41 bits per heavy atom. The standard InChI is InChI=1S/C16H22NOSi.2ClH.Ti/c1-16(2,3)17-12-7-5-6-11-10-13-15(14(11)12)19(13,4)9-8-18;;;/h5-7,10,17-18H,8-9H2,1-4H3;2*1H;/q-1;;;+3/p-2. The molecule has 1 aliphatic heterocycles. The minimum atomic E-state index is -1.42. The van der Waals surface area contributed by atoms with E-state index >= 15 is 0 Å². The molecule has 0 saturated heterocycles. The van der Waals surface area contributed by atoms with Crippen LogP contribution >= 0.6 is 0 Å². The number of rotatable bonds is 3. The largest absolute Gasteiger partial charge is 3.00 e. The molecule has 6 heteroatoms. The second-order valence-corrected chi connectivity index (χ2v) is 11.1. The third-order valence-corrected chi connectivity index (χ3v) is 8.30. The predicted octanol–water partition coefficient (Wildman–Crippen LogP) is -3.73. The zero-order valence-corrected chi connectivity index (χ0v) is 17.5. The maximum atomic E-state index is 9.28. The molecule has 2 N–H and O–H groups in total. The first-order valence-corrected chi connectivity index (χ1v) is 9.70. The maximum Gasteiger partial charge on any atom is 3.00 e. The summed E-state index contributed by atoms with van der Waals surface area (Å²) in [5.41, 5.74) is 1.32. The number of hydrogen-bond donors (Lipinski definition) is 2. The summed E-state index contributed by atoms with van der Waals surface area (Å²) in [6, 6.07) is 9.82. The molecule has 0 fully saturated rings. The summed E-state index contributed by atoms with van der Waals surface area (Å²) in [7, 11) is -1.42. The van der Waals surface area contributed by atoms with Gasteiger partial charge in [0.1, 0.15) is 0 Å². The Bertz CT molecular complexity index is 653. The molecule has 0 amide bonds. The van der Waals surface area contributed by atoms with Crippen LogP contribution in [0.3, 0.4) is 0 Å². The van der Waals surface area contributed by atoms with Crippen LogP contribution < -0.4 is 40.5 Å². The van der Waals surface area contributed by atoms with Crippen LogP contribution in [0.5, 0.6) is 0 Å². The predicted molar refractivity (Wildman–Crippen MR) is 85.7 cm³/mol. The second-order valence-electron chi connectivity index (χ2n) is 6.88. The van der Waals surface area contributed by atoms with Crippen LogP contribution in [0.15, 0.2) is 24.3 Å². The van der Waals surface area contributed by atoms with Gasteiger partial charge in [0.15, 0.2) is 0 Å². The quantitative estimate of drug-likeness (QED) is 0.417. The van der Waals surface area contributed by atoms with Gasteiger partial charge in [-0.15, -0.1) is 29.0 Å². The molecule has 0 spiro atoms. The molecule has 2 nitrogen and oxygen atoms in total. The number of halogens is 2. The number of aliphatic hydroxyl groups is 1. The molecule has 0 saturated carbocycles. The number of fused-ring (bicyclic) bond motifs is 3. The first-order chi connectivity index (χ1) is 8.87. The van der Waals surface area contributed by atoms with Crippen molar-refractivity contribution in [2.75, 3.05) is 11.9 Å². The molecule has 22 heavy (non-hydrogen) atoms. The Morgan fingerprint density at radius 1 is 1.23 bits per heavy atom. The van der Waals surface area contributed by atoms with Gasteiger partial charge in [0.05, 0.1) is 0 Å². The van der Waals surface area contributed by atoms with Gasteiger partial charge >= 0.3 is 21.7 Å². The topological polar surface area (TPSA) is 32.3 Å². The van der Waals surface area contributed by atoms with Crippen LogP contribution in [0, 0.1) is 0 Å². The minimum absolute atomic E-state index is 0. The fourth-order valence-corrected chi connectivity index (χ4v) is 7.19. The van der Waals surface area contributed by atoms with Crippen molar-refractivity contribution in [3.05, 3.63) is 24.3 Å². The third kappa shape index (κ3) is 3.61. The SMILES string of the molecule is CC(C)(C)Nc1cccc2[cH-]c3c(c12)[Si]3(C)CCO.[Cl-].[Cl-].[Ti+3]. The molecule has 1 heterocycles. The van der Waals surface area contributed by atoms with Crippen molar-refractivity contribution in [2.24, 2.45) is 0 Å². The molecular weight excluding hydrogens is 369 g/mol. The smallest absolute Gasteiger partial charge is 1.00 e. The first-order valence-electron chi connectivity index (χ1n) is 6.99. The van der Waals surface area contributed by atoms with Crippen LogP contribution in [0.1, 0.15) is 20.8 Å². The van der Waals surface area contributed by atoms with E-state index in [2.05, 4.69) is 56.9 Å². The summed E-state index contributed by atoms with van der Waals surface area (Å²) < 4.78 is 0. The van der Waals surface area contributed by atoms with Crippen molar-refractivity contribution in [1.82, 2.24) is 0 Å². The molecule has 1 unspecified atom stereocenters. The van der Waals surface area contributed by atoms with E-state index < -0.39 is 8.07 Å². The molecule has 2 aromatic carbocycles. The fraction of sp³-hybridized carbons (Fsp3) is 0.438. The fourth-order valence-electron chi connectivity index (χ4n) is 3.20. The van der Waals surface area contributed by atoms with Gasteiger partial charge < -0.3 is 35.2 Å². The van der Waals surface area contributed by atoms with Crippen molar-refractivity contribution in [1.29, 1.82) is 0 Å². The van der Waals surface area contributed by atoms with E-state index in [1.807, 2.05) is 0 Å². The average molecular weight is 391 g/mol. The van der Waals surface area contributed by atoms with Crippen LogP contribution in [0.25, 0.3) is 10.8 Å². The van der Waals surface area contributed by atoms with Gasteiger partial charge in [0, 0.05) is 20.2 Å². The molecule has 0 aromatic heterocycles. The van der Waals surface area contributed by atoms with Crippen LogP contribution in [0.4, 0.5) is 5.69 Å². The number of hydrogen-bond acceptors (Lipinski definition) is 2. The molecule has 3 rings (SSSR count). The first kappa shape index (κ1) is 22.1. The van der Waals surface area contributed by atoms with Crippen LogP contribution in [0.2, 0.25) is 12.6 Å². The Kier molecular flexibility index (Phi) is 7.37.